The van der Waals surface area contributed by atoms with Gasteiger partial charge in [0, 0.05) is 16.7 Å². The molecule has 1 atom stereocenters. The molecule has 0 spiro atoms. The Morgan fingerprint density at radius 1 is 1.32 bits per heavy atom. The second-order valence-corrected chi connectivity index (χ2v) is 6.44. The third-order valence-electron chi connectivity index (χ3n) is 2.85. The van der Waals surface area contributed by atoms with E-state index in [9.17, 15) is 9.00 Å². The highest BCUT2D eigenvalue weighted by Gasteiger charge is 2.30. The van der Waals surface area contributed by atoms with Gasteiger partial charge < -0.3 is 14.6 Å². The minimum atomic E-state index is -1.39. The SMILES string of the molecule is CC(C)(CS(=O)c1ccc2c(c1)OCCO2)C(=O)O. The number of carbonyl (C=O) groups is 1. The molecule has 6 heteroatoms. The number of carboxylic acid groups (broad SMARTS) is 1. The molecule has 1 heterocycles. The van der Waals surface area contributed by atoms with Crippen molar-refractivity contribution in [1.29, 1.82) is 0 Å². The van der Waals surface area contributed by atoms with Crippen LogP contribution in [0.25, 0.3) is 0 Å². The molecule has 104 valence electrons. The van der Waals surface area contributed by atoms with Crippen LogP contribution in [0.1, 0.15) is 13.8 Å². The third kappa shape index (κ3) is 3.07. The maximum absolute atomic E-state index is 12.2. The monoisotopic (exact) mass is 284 g/mol. The molecule has 0 aromatic heterocycles. The Morgan fingerprint density at radius 2 is 1.95 bits per heavy atom. The molecule has 0 bridgehead atoms. The zero-order valence-electron chi connectivity index (χ0n) is 10.8. The van der Waals surface area contributed by atoms with Crippen molar-refractivity contribution in [3.05, 3.63) is 18.2 Å². The maximum atomic E-state index is 12.2. The Labute approximate surface area is 114 Å². The number of benzene rings is 1. The number of hydrogen-bond acceptors (Lipinski definition) is 4. The van der Waals surface area contributed by atoms with Crippen LogP contribution in [0.2, 0.25) is 0 Å². The largest absolute Gasteiger partial charge is 0.486 e. The van der Waals surface area contributed by atoms with Crippen molar-refractivity contribution in [1.82, 2.24) is 0 Å². The molecule has 19 heavy (non-hydrogen) atoms. The van der Waals surface area contributed by atoms with Gasteiger partial charge in [0.1, 0.15) is 13.2 Å². The highest BCUT2D eigenvalue weighted by atomic mass is 32.2. The Kier molecular flexibility index (Phi) is 3.80. The van der Waals surface area contributed by atoms with Crippen LogP contribution in [0.15, 0.2) is 23.1 Å². The molecule has 1 aromatic carbocycles. The molecule has 1 aromatic rings. The van der Waals surface area contributed by atoms with E-state index in [-0.39, 0.29) is 5.75 Å². The van der Waals surface area contributed by atoms with Crippen LogP contribution in [-0.4, -0.2) is 34.3 Å². The molecule has 0 saturated heterocycles. The Balaban J connectivity index is 2.18. The van der Waals surface area contributed by atoms with E-state index >= 15 is 0 Å². The van der Waals surface area contributed by atoms with E-state index in [2.05, 4.69) is 0 Å². The van der Waals surface area contributed by atoms with Crippen molar-refractivity contribution in [2.75, 3.05) is 19.0 Å². The van der Waals surface area contributed by atoms with Crippen molar-refractivity contribution in [3.63, 3.8) is 0 Å². The Bertz CT molecular complexity index is 524. The molecule has 0 amide bonds. The van der Waals surface area contributed by atoms with Crippen LogP contribution in [0.4, 0.5) is 0 Å². The van der Waals surface area contributed by atoms with Gasteiger partial charge >= 0.3 is 5.97 Å². The fourth-order valence-electron chi connectivity index (χ4n) is 1.64. The second kappa shape index (κ2) is 5.21. The van der Waals surface area contributed by atoms with E-state index in [4.69, 9.17) is 14.6 Å². The summed E-state index contributed by atoms with van der Waals surface area (Å²) in [5.41, 5.74) is -1.03. The van der Waals surface area contributed by atoms with Crippen LogP contribution < -0.4 is 9.47 Å². The van der Waals surface area contributed by atoms with Gasteiger partial charge in [-0.3, -0.25) is 9.00 Å². The van der Waals surface area contributed by atoms with Crippen molar-refractivity contribution < 1.29 is 23.6 Å². The summed E-state index contributed by atoms with van der Waals surface area (Å²) in [7, 11) is -1.39. The predicted octanol–water partition coefficient (Wildman–Crippen LogP) is 1.68. The molecular formula is C13H16O5S. The first kappa shape index (κ1) is 13.9. The van der Waals surface area contributed by atoms with Gasteiger partial charge in [0.15, 0.2) is 11.5 Å². The van der Waals surface area contributed by atoms with E-state index in [1.807, 2.05) is 0 Å². The lowest BCUT2D eigenvalue weighted by Gasteiger charge is -2.20. The molecule has 5 nitrogen and oxygen atoms in total. The van der Waals surface area contributed by atoms with Gasteiger partial charge in [0.25, 0.3) is 0 Å². The summed E-state index contributed by atoms with van der Waals surface area (Å²) in [6.07, 6.45) is 0. The lowest BCUT2D eigenvalue weighted by Crippen LogP contribution is -2.30. The van der Waals surface area contributed by atoms with Crippen LogP contribution in [-0.2, 0) is 15.6 Å². The number of fused-ring (bicyclic) bond motifs is 1. The summed E-state index contributed by atoms with van der Waals surface area (Å²) in [5.74, 6) is 0.287. The molecular weight excluding hydrogens is 268 g/mol. The first-order valence-corrected chi connectivity index (χ1v) is 7.23. The summed E-state index contributed by atoms with van der Waals surface area (Å²) in [5, 5.41) is 9.05. The van der Waals surface area contributed by atoms with Gasteiger partial charge in [-0.2, -0.15) is 0 Å². The second-order valence-electron chi connectivity index (χ2n) is 4.98. The van der Waals surface area contributed by atoms with Crippen LogP contribution in [0.5, 0.6) is 11.5 Å². The summed E-state index contributed by atoms with van der Waals surface area (Å²) in [6.45, 7) is 4.09. The first-order chi connectivity index (χ1) is 8.90. The number of rotatable bonds is 4. The minimum Gasteiger partial charge on any atom is -0.486 e. The Hall–Kier alpha value is -1.56. The molecule has 1 unspecified atom stereocenters. The molecule has 0 saturated carbocycles. The lowest BCUT2D eigenvalue weighted by atomic mass is 9.97. The summed E-state index contributed by atoms with van der Waals surface area (Å²) >= 11 is 0. The van der Waals surface area contributed by atoms with Crippen molar-refractivity contribution >= 4 is 16.8 Å². The van der Waals surface area contributed by atoms with Gasteiger partial charge in [-0.15, -0.1) is 0 Å². The minimum absolute atomic E-state index is 0.0575. The van der Waals surface area contributed by atoms with Gasteiger partial charge in [0.05, 0.1) is 16.2 Å². The fraction of sp³-hybridized carbons (Fsp3) is 0.462. The summed E-state index contributed by atoms with van der Waals surface area (Å²) in [4.78, 5) is 11.6. The van der Waals surface area contributed by atoms with Crippen molar-refractivity contribution in [2.24, 2.45) is 5.41 Å². The number of carboxylic acids is 1. The van der Waals surface area contributed by atoms with E-state index < -0.39 is 22.2 Å². The standard InChI is InChI=1S/C13H16O5S/c1-13(2,12(14)15)8-19(16)9-3-4-10-11(7-9)18-6-5-17-10/h3-4,7H,5-6,8H2,1-2H3,(H,14,15). The Morgan fingerprint density at radius 3 is 2.58 bits per heavy atom. The smallest absolute Gasteiger partial charge is 0.310 e. The van der Waals surface area contributed by atoms with E-state index in [0.717, 1.165) is 0 Å². The fourth-order valence-corrected chi connectivity index (χ4v) is 3.04. The van der Waals surface area contributed by atoms with Gasteiger partial charge in [-0.05, 0) is 26.0 Å². The molecule has 0 fully saturated rings. The van der Waals surface area contributed by atoms with E-state index in [1.165, 1.54) is 0 Å². The number of ether oxygens (including phenoxy) is 2. The van der Waals surface area contributed by atoms with Crippen LogP contribution in [0.3, 0.4) is 0 Å². The predicted molar refractivity (Wildman–Crippen MR) is 70.1 cm³/mol. The number of aliphatic carboxylic acids is 1. The summed E-state index contributed by atoms with van der Waals surface area (Å²) < 4.78 is 23.0. The quantitative estimate of drug-likeness (QED) is 0.910. The van der Waals surface area contributed by atoms with E-state index in [0.29, 0.717) is 29.6 Å². The van der Waals surface area contributed by atoms with Gasteiger partial charge in [0.2, 0.25) is 0 Å². The topological polar surface area (TPSA) is 72.8 Å². The molecule has 1 aliphatic rings. The lowest BCUT2D eigenvalue weighted by molar-refractivity contribution is -0.145. The molecule has 0 radical (unpaired) electrons. The van der Waals surface area contributed by atoms with E-state index in [1.54, 1.807) is 32.0 Å². The summed E-state index contributed by atoms with van der Waals surface area (Å²) in [6, 6.07) is 5.04. The highest BCUT2D eigenvalue weighted by Crippen LogP contribution is 2.32. The van der Waals surface area contributed by atoms with Crippen molar-refractivity contribution in [2.45, 2.75) is 18.7 Å². The third-order valence-corrected chi connectivity index (χ3v) is 4.61. The van der Waals surface area contributed by atoms with Crippen LogP contribution in [0, 0.1) is 5.41 Å². The molecule has 0 aliphatic carbocycles. The molecule has 1 N–H and O–H groups in total. The normalized spacial score (nSPS) is 15.9. The van der Waals surface area contributed by atoms with Crippen molar-refractivity contribution in [3.8, 4) is 11.5 Å². The molecule has 2 rings (SSSR count). The first-order valence-electron chi connectivity index (χ1n) is 5.91. The van der Waals surface area contributed by atoms with Crippen LogP contribution >= 0.6 is 0 Å². The van der Waals surface area contributed by atoms with Gasteiger partial charge in [-0.25, -0.2) is 0 Å². The van der Waals surface area contributed by atoms with Gasteiger partial charge in [-0.1, -0.05) is 0 Å². The highest BCUT2D eigenvalue weighted by molar-refractivity contribution is 7.85. The average molecular weight is 284 g/mol. The average Bonchev–Trinajstić information content (AvgIpc) is 2.37. The zero-order valence-corrected chi connectivity index (χ0v) is 11.7. The zero-order chi connectivity index (χ0) is 14.0. The molecule has 1 aliphatic heterocycles. The number of hydrogen-bond donors (Lipinski definition) is 1. The maximum Gasteiger partial charge on any atom is 0.310 e.